The molecule has 1 N–H and O–H groups in total. The predicted molar refractivity (Wildman–Crippen MR) is 70.7 cm³/mol. The van der Waals surface area contributed by atoms with Crippen LogP contribution < -0.4 is 5.32 Å². The first kappa shape index (κ1) is 12.3. The first-order chi connectivity index (χ1) is 9.33. The van der Waals surface area contributed by atoms with Gasteiger partial charge in [-0.1, -0.05) is 17.3 Å². The van der Waals surface area contributed by atoms with Crippen molar-refractivity contribution >= 4 is 0 Å². The van der Waals surface area contributed by atoms with Crippen molar-refractivity contribution in [3.05, 3.63) is 35.7 Å². The van der Waals surface area contributed by atoms with Gasteiger partial charge in [0.25, 0.3) is 5.89 Å². The molecule has 1 unspecified atom stereocenters. The minimum absolute atomic E-state index is 0.175. The van der Waals surface area contributed by atoms with Gasteiger partial charge in [0, 0.05) is 12.1 Å². The van der Waals surface area contributed by atoms with Gasteiger partial charge in [-0.25, -0.2) is 0 Å². The highest BCUT2D eigenvalue weighted by Crippen LogP contribution is 2.25. The van der Waals surface area contributed by atoms with Crippen LogP contribution in [0.3, 0.4) is 0 Å². The van der Waals surface area contributed by atoms with Crippen LogP contribution >= 0.6 is 0 Å². The number of ether oxygens (including phenoxy) is 1. The Kier molecular flexibility index (Phi) is 3.57. The number of aryl methyl sites for hydroxylation is 1. The number of hydrogen-bond acceptors (Lipinski definition) is 5. The van der Waals surface area contributed by atoms with E-state index < -0.39 is 0 Å². The van der Waals surface area contributed by atoms with E-state index in [0.717, 1.165) is 31.7 Å². The van der Waals surface area contributed by atoms with Crippen molar-refractivity contribution in [1.82, 2.24) is 15.5 Å². The highest BCUT2D eigenvalue weighted by molar-refractivity contribution is 5.53. The lowest BCUT2D eigenvalue weighted by atomic mass is 10.0. The van der Waals surface area contributed by atoms with Crippen LogP contribution in [-0.2, 0) is 4.74 Å². The Bertz CT molecular complexity index is 528. The average Bonchev–Trinajstić information content (AvgIpc) is 2.72. The molecule has 1 aliphatic heterocycles. The summed E-state index contributed by atoms with van der Waals surface area (Å²) in [5.41, 5.74) is 2.14. The van der Waals surface area contributed by atoms with E-state index in [4.69, 9.17) is 9.26 Å². The molecule has 2 heterocycles. The van der Waals surface area contributed by atoms with Gasteiger partial charge in [-0.2, -0.15) is 4.98 Å². The number of benzene rings is 1. The Morgan fingerprint density at radius 3 is 2.79 bits per heavy atom. The second-order valence-corrected chi connectivity index (χ2v) is 4.67. The molecule has 100 valence electrons. The van der Waals surface area contributed by atoms with E-state index in [2.05, 4.69) is 27.6 Å². The van der Waals surface area contributed by atoms with Gasteiger partial charge >= 0.3 is 0 Å². The van der Waals surface area contributed by atoms with E-state index in [-0.39, 0.29) is 6.10 Å². The minimum atomic E-state index is 0.175. The predicted octanol–water partition coefficient (Wildman–Crippen LogP) is 2.10. The molecule has 1 aromatic carbocycles. The third-order valence-corrected chi connectivity index (χ3v) is 3.24. The lowest BCUT2D eigenvalue weighted by Crippen LogP contribution is -2.16. The van der Waals surface area contributed by atoms with Crippen molar-refractivity contribution in [2.75, 3.05) is 19.7 Å². The Morgan fingerprint density at radius 2 is 2.05 bits per heavy atom. The zero-order chi connectivity index (χ0) is 13.1. The average molecular weight is 259 g/mol. The highest BCUT2D eigenvalue weighted by Gasteiger charge is 2.15. The highest BCUT2D eigenvalue weighted by atomic mass is 16.5. The van der Waals surface area contributed by atoms with Gasteiger partial charge in [0.2, 0.25) is 0 Å². The van der Waals surface area contributed by atoms with Gasteiger partial charge in [-0.15, -0.1) is 0 Å². The van der Waals surface area contributed by atoms with Gasteiger partial charge in [-0.05, 0) is 37.6 Å². The maximum absolute atomic E-state index is 5.82. The van der Waals surface area contributed by atoms with E-state index in [1.54, 1.807) is 0 Å². The summed E-state index contributed by atoms with van der Waals surface area (Å²) >= 11 is 0. The fourth-order valence-corrected chi connectivity index (χ4v) is 2.23. The molecule has 0 radical (unpaired) electrons. The Hall–Kier alpha value is -1.72. The van der Waals surface area contributed by atoms with Crippen molar-refractivity contribution < 1.29 is 9.26 Å². The molecule has 19 heavy (non-hydrogen) atoms. The molecule has 0 spiro atoms. The van der Waals surface area contributed by atoms with Crippen LogP contribution in [-0.4, -0.2) is 29.8 Å². The van der Waals surface area contributed by atoms with Crippen LogP contribution in [0.15, 0.2) is 28.8 Å². The summed E-state index contributed by atoms with van der Waals surface area (Å²) in [6, 6.07) is 8.16. The number of nitrogens with one attached hydrogen (secondary N) is 1. The van der Waals surface area contributed by atoms with Crippen LogP contribution in [0.5, 0.6) is 0 Å². The summed E-state index contributed by atoms with van der Waals surface area (Å²) in [7, 11) is 0. The van der Waals surface area contributed by atoms with E-state index in [9.17, 15) is 0 Å². The summed E-state index contributed by atoms with van der Waals surface area (Å²) in [4.78, 5) is 4.22. The molecule has 1 saturated heterocycles. The molecule has 1 aromatic heterocycles. The van der Waals surface area contributed by atoms with Crippen molar-refractivity contribution in [3.63, 3.8) is 0 Å². The van der Waals surface area contributed by atoms with E-state index in [1.165, 1.54) is 5.56 Å². The molecular weight excluding hydrogens is 242 g/mol. The smallest absolute Gasteiger partial charge is 0.257 e. The molecule has 0 aliphatic carbocycles. The maximum Gasteiger partial charge on any atom is 0.257 e. The van der Waals surface area contributed by atoms with E-state index in [1.807, 2.05) is 19.1 Å². The zero-order valence-corrected chi connectivity index (χ0v) is 10.9. The summed E-state index contributed by atoms with van der Waals surface area (Å²) < 4.78 is 11.0. The fraction of sp³-hybridized carbons (Fsp3) is 0.429. The van der Waals surface area contributed by atoms with Crippen molar-refractivity contribution in [2.45, 2.75) is 19.4 Å². The summed E-state index contributed by atoms with van der Waals surface area (Å²) in [5.74, 6) is 1.21. The largest absolute Gasteiger partial charge is 0.372 e. The Balaban J connectivity index is 1.78. The van der Waals surface area contributed by atoms with Gasteiger partial charge in [0.1, 0.15) is 0 Å². The van der Waals surface area contributed by atoms with Crippen molar-refractivity contribution in [2.24, 2.45) is 0 Å². The molecule has 1 atom stereocenters. The SMILES string of the molecule is Cc1noc(-c2ccc(C3CCNCCO3)cc2)n1. The molecule has 0 amide bonds. The van der Waals surface area contributed by atoms with Crippen LogP contribution in [0.2, 0.25) is 0 Å². The van der Waals surface area contributed by atoms with Crippen LogP contribution in [0.1, 0.15) is 23.9 Å². The standard InChI is InChI=1S/C14H17N3O2/c1-10-16-14(19-17-10)12-4-2-11(3-5-12)13-6-7-15-8-9-18-13/h2-5,13,15H,6-9H2,1H3. The topological polar surface area (TPSA) is 60.2 Å². The first-order valence-electron chi connectivity index (χ1n) is 6.56. The zero-order valence-electron chi connectivity index (χ0n) is 10.9. The number of nitrogens with zero attached hydrogens (tertiary/aromatic N) is 2. The van der Waals surface area contributed by atoms with Gasteiger partial charge in [0.05, 0.1) is 12.7 Å². The van der Waals surface area contributed by atoms with Crippen molar-refractivity contribution in [1.29, 1.82) is 0 Å². The lowest BCUT2D eigenvalue weighted by molar-refractivity contribution is 0.0644. The van der Waals surface area contributed by atoms with E-state index >= 15 is 0 Å². The molecule has 0 bridgehead atoms. The van der Waals surface area contributed by atoms with Crippen LogP contribution in [0, 0.1) is 6.92 Å². The number of rotatable bonds is 2. The summed E-state index contributed by atoms with van der Waals surface area (Å²) in [6.45, 7) is 4.49. The second-order valence-electron chi connectivity index (χ2n) is 4.67. The first-order valence-corrected chi connectivity index (χ1v) is 6.56. The second kappa shape index (κ2) is 5.50. The third kappa shape index (κ3) is 2.83. The molecule has 0 saturated carbocycles. The molecule has 1 fully saturated rings. The van der Waals surface area contributed by atoms with Gasteiger partial charge < -0.3 is 14.6 Å². The molecule has 5 nitrogen and oxygen atoms in total. The van der Waals surface area contributed by atoms with Crippen LogP contribution in [0.4, 0.5) is 0 Å². The Morgan fingerprint density at radius 1 is 1.21 bits per heavy atom. The monoisotopic (exact) mass is 259 g/mol. The van der Waals surface area contributed by atoms with Crippen molar-refractivity contribution in [3.8, 4) is 11.5 Å². The number of hydrogen-bond donors (Lipinski definition) is 1. The summed E-state index contributed by atoms with van der Waals surface area (Å²) in [6.07, 6.45) is 1.17. The Labute approximate surface area is 112 Å². The lowest BCUT2D eigenvalue weighted by Gasteiger charge is -2.14. The molecule has 5 heteroatoms. The molecule has 1 aliphatic rings. The molecular formula is C14H17N3O2. The van der Waals surface area contributed by atoms with Gasteiger partial charge in [0.15, 0.2) is 5.82 Å². The van der Waals surface area contributed by atoms with E-state index in [0.29, 0.717) is 11.7 Å². The number of aromatic nitrogens is 2. The molecule has 3 rings (SSSR count). The maximum atomic E-state index is 5.82. The minimum Gasteiger partial charge on any atom is -0.372 e. The third-order valence-electron chi connectivity index (χ3n) is 3.24. The molecule has 2 aromatic rings. The van der Waals surface area contributed by atoms with Crippen LogP contribution in [0.25, 0.3) is 11.5 Å². The quantitative estimate of drug-likeness (QED) is 0.895. The van der Waals surface area contributed by atoms with Gasteiger partial charge in [-0.3, -0.25) is 0 Å². The summed E-state index contributed by atoms with van der Waals surface area (Å²) in [5, 5.41) is 7.13. The normalized spacial score (nSPS) is 20.2. The fourth-order valence-electron chi connectivity index (χ4n) is 2.23.